The third-order valence-corrected chi connectivity index (χ3v) is 5.10. The van der Waals surface area contributed by atoms with Crippen molar-refractivity contribution >= 4 is 11.6 Å². The normalized spacial score (nSPS) is 17.3. The first-order valence-corrected chi connectivity index (χ1v) is 8.95. The number of hydrogen-bond acceptors (Lipinski definition) is 4. The predicted octanol–water partition coefficient (Wildman–Crippen LogP) is 1.45. The number of carbonyl (C=O) groups excluding carboxylic acids is 1. The van der Waals surface area contributed by atoms with E-state index >= 15 is 0 Å². The Morgan fingerprint density at radius 1 is 1.42 bits per heavy atom. The molecule has 4 rings (SSSR count). The van der Waals surface area contributed by atoms with E-state index in [0.717, 1.165) is 36.3 Å². The smallest absolute Gasteiger partial charge is 0.276 e. The van der Waals surface area contributed by atoms with Gasteiger partial charge in [0.2, 0.25) is 5.91 Å². The van der Waals surface area contributed by atoms with E-state index in [9.17, 15) is 9.59 Å². The third-order valence-electron chi connectivity index (χ3n) is 5.10. The van der Waals surface area contributed by atoms with Gasteiger partial charge >= 0.3 is 0 Å². The van der Waals surface area contributed by atoms with Crippen LogP contribution in [0.25, 0.3) is 5.65 Å². The zero-order valence-electron chi connectivity index (χ0n) is 15.0. The number of amides is 1. The average Bonchev–Trinajstić information content (AvgIpc) is 3.34. The van der Waals surface area contributed by atoms with Crippen LogP contribution in [0.1, 0.15) is 42.8 Å². The molecule has 3 aromatic heterocycles. The van der Waals surface area contributed by atoms with Crippen LogP contribution >= 0.6 is 0 Å². The second kappa shape index (κ2) is 6.44. The zero-order valence-corrected chi connectivity index (χ0v) is 15.0. The lowest BCUT2D eigenvalue weighted by Crippen LogP contribution is -2.33. The number of hydrogen-bond donors (Lipinski definition) is 1. The fraction of sp³-hybridized carbons (Fsp3) is 0.444. The number of carbonyl (C=O) groups is 1. The summed E-state index contributed by atoms with van der Waals surface area (Å²) in [7, 11) is 0. The number of nitrogens with one attached hydrogen (secondary N) is 1. The molecule has 4 heterocycles. The minimum Gasteiger partial charge on any atom is -0.333 e. The first kappa shape index (κ1) is 16.6. The molecule has 1 saturated heterocycles. The van der Waals surface area contributed by atoms with Crippen molar-refractivity contribution in [3.8, 4) is 0 Å². The number of aromatic nitrogens is 5. The Balaban J connectivity index is 1.66. The molecule has 8 heteroatoms. The van der Waals surface area contributed by atoms with Gasteiger partial charge in [0.05, 0.1) is 18.1 Å². The van der Waals surface area contributed by atoms with Crippen LogP contribution in [0.4, 0.5) is 0 Å². The Morgan fingerprint density at radius 3 is 3.00 bits per heavy atom. The summed E-state index contributed by atoms with van der Waals surface area (Å²) in [4.78, 5) is 35.8. The summed E-state index contributed by atoms with van der Waals surface area (Å²) >= 11 is 0. The maximum Gasteiger partial charge on any atom is 0.276 e. The van der Waals surface area contributed by atoms with E-state index in [-0.39, 0.29) is 24.1 Å². The second-order valence-electron chi connectivity index (χ2n) is 6.72. The molecule has 136 valence electrons. The summed E-state index contributed by atoms with van der Waals surface area (Å²) in [5.41, 5.74) is 2.89. The number of aromatic amines is 1. The fourth-order valence-corrected chi connectivity index (χ4v) is 3.78. The second-order valence-corrected chi connectivity index (χ2v) is 6.72. The molecule has 0 bridgehead atoms. The lowest BCUT2D eigenvalue weighted by atomic mass is 10.1. The Morgan fingerprint density at radius 2 is 2.27 bits per heavy atom. The molecule has 8 nitrogen and oxygen atoms in total. The van der Waals surface area contributed by atoms with E-state index in [1.165, 1.54) is 4.52 Å². The van der Waals surface area contributed by atoms with Crippen molar-refractivity contribution in [1.82, 2.24) is 29.0 Å². The standard InChI is InChI=1S/C18H22N6O2/c1-3-13-12(2)20-16-9-14(21-24(16)18(13)26)15-5-4-7-23(15)17(25)10-22-8-6-19-11-22/h6,8-9,11,15,21H,3-5,7,10H2,1-2H3/t15-/m0/s1. The summed E-state index contributed by atoms with van der Waals surface area (Å²) in [6.07, 6.45) is 7.55. The maximum absolute atomic E-state index is 12.7. The van der Waals surface area contributed by atoms with Crippen molar-refractivity contribution in [3.05, 3.63) is 52.1 Å². The topological polar surface area (TPSA) is 88.3 Å². The number of fused-ring (bicyclic) bond motifs is 1. The Hall–Kier alpha value is -2.90. The molecular formula is C18H22N6O2. The van der Waals surface area contributed by atoms with E-state index in [2.05, 4.69) is 15.1 Å². The monoisotopic (exact) mass is 354 g/mol. The summed E-state index contributed by atoms with van der Waals surface area (Å²) in [5.74, 6) is 0.0508. The van der Waals surface area contributed by atoms with Gasteiger partial charge in [0.1, 0.15) is 6.54 Å². The number of nitrogens with zero attached hydrogens (tertiary/aromatic N) is 5. The molecule has 1 N–H and O–H groups in total. The van der Waals surface area contributed by atoms with Crippen LogP contribution in [0, 0.1) is 6.92 Å². The molecule has 0 unspecified atom stereocenters. The first-order valence-electron chi connectivity index (χ1n) is 8.95. The van der Waals surface area contributed by atoms with Gasteiger partial charge in [-0.15, -0.1) is 0 Å². The summed E-state index contributed by atoms with van der Waals surface area (Å²) in [5, 5.41) is 3.18. The Labute approximate surface area is 150 Å². The van der Waals surface area contributed by atoms with Crippen molar-refractivity contribution < 1.29 is 4.79 Å². The maximum atomic E-state index is 12.7. The zero-order chi connectivity index (χ0) is 18.3. The number of likely N-dealkylation sites (tertiary alicyclic amines) is 1. The largest absolute Gasteiger partial charge is 0.333 e. The quantitative estimate of drug-likeness (QED) is 0.768. The van der Waals surface area contributed by atoms with Gasteiger partial charge in [-0.3, -0.25) is 14.7 Å². The number of H-pyrrole nitrogens is 1. The number of imidazole rings is 1. The lowest BCUT2D eigenvalue weighted by molar-refractivity contribution is -0.132. The lowest BCUT2D eigenvalue weighted by Gasteiger charge is -2.23. The van der Waals surface area contributed by atoms with E-state index < -0.39 is 0 Å². The van der Waals surface area contributed by atoms with Crippen LogP contribution in [0.2, 0.25) is 0 Å². The van der Waals surface area contributed by atoms with Gasteiger partial charge in [-0.05, 0) is 26.2 Å². The molecule has 3 aromatic rings. The van der Waals surface area contributed by atoms with Gasteiger partial charge in [-0.1, -0.05) is 6.92 Å². The van der Waals surface area contributed by atoms with Crippen molar-refractivity contribution in [3.63, 3.8) is 0 Å². The van der Waals surface area contributed by atoms with Gasteiger partial charge in [0.15, 0.2) is 5.65 Å². The molecule has 1 atom stereocenters. The Kier molecular flexibility index (Phi) is 4.10. The minimum atomic E-state index is -0.0597. The molecule has 0 saturated carbocycles. The molecule has 1 amide bonds. The molecule has 0 spiro atoms. The van der Waals surface area contributed by atoms with Crippen molar-refractivity contribution in [2.75, 3.05) is 6.54 Å². The molecule has 0 radical (unpaired) electrons. The van der Waals surface area contributed by atoms with Crippen molar-refractivity contribution in [1.29, 1.82) is 0 Å². The van der Waals surface area contributed by atoms with E-state index in [4.69, 9.17) is 0 Å². The number of aryl methyl sites for hydroxylation is 1. The van der Waals surface area contributed by atoms with Gasteiger partial charge < -0.3 is 9.47 Å². The molecule has 26 heavy (non-hydrogen) atoms. The third kappa shape index (κ3) is 2.71. The first-order chi connectivity index (χ1) is 12.6. The average molecular weight is 354 g/mol. The molecule has 1 aliphatic heterocycles. The molecule has 0 aliphatic carbocycles. The highest BCUT2D eigenvalue weighted by Gasteiger charge is 2.31. The highest BCUT2D eigenvalue weighted by atomic mass is 16.2. The van der Waals surface area contributed by atoms with Crippen LogP contribution in [-0.2, 0) is 17.8 Å². The van der Waals surface area contributed by atoms with E-state index in [1.54, 1.807) is 23.3 Å². The summed E-state index contributed by atoms with van der Waals surface area (Å²) in [6.45, 7) is 4.81. The van der Waals surface area contributed by atoms with Crippen LogP contribution in [0.15, 0.2) is 29.6 Å². The minimum absolute atomic E-state index is 0.0508. The fourth-order valence-electron chi connectivity index (χ4n) is 3.78. The highest BCUT2D eigenvalue weighted by Crippen LogP contribution is 2.31. The van der Waals surface area contributed by atoms with Gasteiger partial charge in [-0.25, -0.2) is 14.5 Å². The van der Waals surface area contributed by atoms with Crippen molar-refractivity contribution in [2.45, 2.75) is 45.7 Å². The van der Waals surface area contributed by atoms with Gasteiger partial charge in [-0.2, -0.15) is 0 Å². The summed E-state index contributed by atoms with van der Waals surface area (Å²) in [6, 6.07) is 1.83. The van der Waals surface area contributed by atoms with Gasteiger partial charge in [0.25, 0.3) is 5.56 Å². The van der Waals surface area contributed by atoms with Crippen LogP contribution in [0.3, 0.4) is 0 Å². The van der Waals surface area contributed by atoms with Crippen LogP contribution < -0.4 is 5.56 Å². The van der Waals surface area contributed by atoms with E-state index in [0.29, 0.717) is 12.1 Å². The van der Waals surface area contributed by atoms with E-state index in [1.807, 2.05) is 24.8 Å². The SMILES string of the molecule is CCc1c(C)nc2cc([C@@H]3CCCN3C(=O)Cn3ccnc3)[nH]n2c1=O. The van der Waals surface area contributed by atoms with Gasteiger partial charge in [0, 0.05) is 36.3 Å². The van der Waals surface area contributed by atoms with Crippen molar-refractivity contribution in [2.24, 2.45) is 0 Å². The highest BCUT2D eigenvalue weighted by molar-refractivity contribution is 5.76. The van der Waals surface area contributed by atoms with Crippen LogP contribution in [-0.4, -0.2) is 41.5 Å². The molecule has 0 aromatic carbocycles. The molecular weight excluding hydrogens is 332 g/mol. The van der Waals surface area contributed by atoms with Crippen LogP contribution in [0.5, 0.6) is 0 Å². The number of rotatable bonds is 4. The Bertz CT molecular complexity index is 1000. The molecule has 1 fully saturated rings. The molecule has 1 aliphatic rings. The summed E-state index contributed by atoms with van der Waals surface area (Å²) < 4.78 is 3.27. The predicted molar refractivity (Wildman–Crippen MR) is 95.8 cm³/mol.